The molecule has 0 radical (unpaired) electrons. The molecule has 200 valence electrons. The zero-order valence-electron chi connectivity index (χ0n) is 20.8. The minimum absolute atomic E-state index is 0.0327. The molecule has 2 heterocycles. The number of hydrogen-bond acceptors (Lipinski definition) is 5. The van der Waals surface area contributed by atoms with Crippen molar-refractivity contribution in [3.05, 3.63) is 111 Å². The summed E-state index contributed by atoms with van der Waals surface area (Å²) in [5.41, 5.74) is 2.08. The van der Waals surface area contributed by atoms with Gasteiger partial charge in [0.05, 0.1) is 11.4 Å². The minimum atomic E-state index is -0.833. The average Bonchev–Trinajstić information content (AvgIpc) is 3.19. The Bertz CT molecular complexity index is 1450. The third-order valence-corrected chi connectivity index (χ3v) is 7.53. The van der Waals surface area contributed by atoms with Crippen LogP contribution in [0.1, 0.15) is 27.0 Å². The summed E-state index contributed by atoms with van der Waals surface area (Å²) >= 11 is 0.729. The van der Waals surface area contributed by atoms with Crippen molar-refractivity contribution in [3.8, 4) is 0 Å². The van der Waals surface area contributed by atoms with Crippen molar-refractivity contribution >= 4 is 34.9 Å². The highest BCUT2D eigenvalue weighted by atomic mass is 32.2. The van der Waals surface area contributed by atoms with Crippen LogP contribution in [-0.2, 0) is 17.9 Å². The second-order valence-electron chi connectivity index (χ2n) is 9.32. The van der Waals surface area contributed by atoms with Crippen LogP contribution in [0.15, 0.2) is 71.6 Å². The molecule has 3 aromatic rings. The van der Waals surface area contributed by atoms with Crippen LogP contribution in [0.3, 0.4) is 0 Å². The number of hydrogen-bond donors (Lipinski definition) is 0. The lowest BCUT2D eigenvalue weighted by Crippen LogP contribution is -2.48. The minimum Gasteiger partial charge on any atom is -0.336 e. The van der Waals surface area contributed by atoms with Gasteiger partial charge in [0.25, 0.3) is 17.1 Å². The van der Waals surface area contributed by atoms with E-state index in [9.17, 15) is 27.6 Å². The predicted molar refractivity (Wildman–Crippen MR) is 142 cm³/mol. The molecule has 5 rings (SSSR count). The maximum atomic E-state index is 14.0. The molecule has 0 atom stereocenters. The van der Waals surface area contributed by atoms with Crippen LogP contribution in [0, 0.1) is 17.5 Å². The number of amides is 3. The fourth-order valence-corrected chi connectivity index (χ4v) is 5.35. The summed E-state index contributed by atoms with van der Waals surface area (Å²) in [6.45, 7) is 2.84. The van der Waals surface area contributed by atoms with Gasteiger partial charge in [-0.1, -0.05) is 30.3 Å². The summed E-state index contributed by atoms with van der Waals surface area (Å²) in [5, 5.41) is -0.555. The third kappa shape index (κ3) is 6.23. The lowest BCUT2D eigenvalue weighted by molar-refractivity contribution is -0.123. The average molecular weight is 552 g/mol. The molecule has 0 saturated carbocycles. The van der Waals surface area contributed by atoms with E-state index in [4.69, 9.17) is 0 Å². The fourth-order valence-electron chi connectivity index (χ4n) is 4.51. The Morgan fingerprint density at radius 2 is 1.56 bits per heavy atom. The smallest absolute Gasteiger partial charge is 0.293 e. The number of benzene rings is 3. The largest absolute Gasteiger partial charge is 0.336 e. The molecular formula is C29H24F3N3O3S. The summed E-state index contributed by atoms with van der Waals surface area (Å²) < 4.78 is 40.4. The van der Waals surface area contributed by atoms with Crippen molar-refractivity contribution in [1.29, 1.82) is 0 Å². The number of nitrogens with zero attached hydrogens (tertiary/aromatic N) is 3. The molecular weight excluding hydrogens is 527 g/mol. The SMILES string of the molecule is O=C(c1cccc(C=C2SC(=O)N(Cc3ccc(F)cc3F)C2=O)c1)N1CCN(Cc2ccc(F)cc2)CC1. The number of imide groups is 1. The van der Waals surface area contributed by atoms with Gasteiger partial charge >= 0.3 is 0 Å². The molecule has 3 aromatic carbocycles. The number of carbonyl (C=O) groups is 3. The predicted octanol–water partition coefficient (Wildman–Crippen LogP) is 5.30. The standard InChI is InChI=1S/C29H24F3N3O3S/c30-23-7-4-19(5-8-23)17-33-10-12-34(13-11-33)27(36)21-3-1-2-20(14-21)15-26-28(37)35(29(38)39-26)18-22-6-9-24(31)16-25(22)32/h1-9,14-16H,10-13,17-18H2. The molecule has 2 fully saturated rings. The molecule has 0 bridgehead atoms. The summed E-state index contributed by atoms with van der Waals surface area (Å²) in [6.07, 6.45) is 1.53. The molecule has 0 unspecified atom stereocenters. The molecule has 0 N–H and O–H groups in total. The van der Waals surface area contributed by atoms with Gasteiger partial charge in [-0.2, -0.15) is 0 Å². The van der Waals surface area contributed by atoms with Gasteiger partial charge in [0.2, 0.25) is 0 Å². The number of piperazine rings is 1. The van der Waals surface area contributed by atoms with Gasteiger partial charge < -0.3 is 4.90 Å². The number of rotatable bonds is 6. The maximum Gasteiger partial charge on any atom is 0.293 e. The van der Waals surface area contributed by atoms with Crippen LogP contribution >= 0.6 is 11.8 Å². The van der Waals surface area contributed by atoms with Gasteiger partial charge in [-0.15, -0.1) is 0 Å². The third-order valence-electron chi connectivity index (χ3n) is 6.63. The maximum absolute atomic E-state index is 14.0. The van der Waals surface area contributed by atoms with Crippen LogP contribution in [0.2, 0.25) is 0 Å². The zero-order valence-corrected chi connectivity index (χ0v) is 21.6. The Morgan fingerprint density at radius 1 is 0.846 bits per heavy atom. The van der Waals surface area contributed by atoms with E-state index < -0.39 is 22.8 Å². The lowest BCUT2D eigenvalue weighted by atomic mass is 10.1. The zero-order chi connectivity index (χ0) is 27.5. The highest BCUT2D eigenvalue weighted by Gasteiger charge is 2.35. The number of carbonyl (C=O) groups excluding carboxylic acids is 3. The Balaban J connectivity index is 1.22. The van der Waals surface area contributed by atoms with Crippen LogP contribution in [0.25, 0.3) is 6.08 Å². The van der Waals surface area contributed by atoms with Gasteiger partial charge in [-0.05, 0) is 59.3 Å². The first-order valence-corrected chi connectivity index (χ1v) is 13.1. The van der Waals surface area contributed by atoms with E-state index in [2.05, 4.69) is 4.90 Å². The molecule has 39 heavy (non-hydrogen) atoms. The number of thioether (sulfide) groups is 1. The van der Waals surface area contributed by atoms with Gasteiger partial charge in [0, 0.05) is 49.9 Å². The Labute approximate surface area is 227 Å². The topological polar surface area (TPSA) is 60.9 Å². The van der Waals surface area contributed by atoms with Crippen molar-refractivity contribution < 1.29 is 27.6 Å². The first kappa shape index (κ1) is 26.7. The summed E-state index contributed by atoms with van der Waals surface area (Å²) in [5.74, 6) is -2.56. The highest BCUT2D eigenvalue weighted by Crippen LogP contribution is 2.33. The second-order valence-corrected chi connectivity index (χ2v) is 10.3. The van der Waals surface area contributed by atoms with Gasteiger partial charge in [0.1, 0.15) is 17.5 Å². The van der Waals surface area contributed by atoms with Crippen LogP contribution in [0.4, 0.5) is 18.0 Å². The molecule has 3 amide bonds. The van der Waals surface area contributed by atoms with E-state index in [1.54, 1.807) is 41.3 Å². The quantitative estimate of drug-likeness (QED) is 0.390. The van der Waals surface area contributed by atoms with Crippen molar-refractivity contribution in [2.45, 2.75) is 13.1 Å². The van der Waals surface area contributed by atoms with Crippen molar-refractivity contribution in [3.63, 3.8) is 0 Å². The van der Waals surface area contributed by atoms with Gasteiger partial charge in [-0.25, -0.2) is 13.2 Å². The summed E-state index contributed by atoms with van der Waals surface area (Å²) in [7, 11) is 0. The molecule has 0 spiro atoms. The van der Waals surface area contributed by atoms with Gasteiger partial charge in [-0.3, -0.25) is 24.2 Å². The molecule has 0 aromatic heterocycles. The van der Waals surface area contributed by atoms with E-state index in [-0.39, 0.29) is 28.7 Å². The summed E-state index contributed by atoms with van der Waals surface area (Å²) in [6, 6.07) is 16.2. The second kappa shape index (κ2) is 11.5. The van der Waals surface area contributed by atoms with E-state index in [1.807, 2.05) is 0 Å². The normalized spacial score (nSPS) is 17.4. The fraction of sp³-hybridized carbons (Fsp3) is 0.207. The molecule has 10 heteroatoms. The van der Waals surface area contributed by atoms with Crippen LogP contribution in [-0.4, -0.2) is 57.9 Å². The first-order chi connectivity index (χ1) is 18.8. The summed E-state index contributed by atoms with van der Waals surface area (Å²) in [4.78, 5) is 43.5. The van der Waals surface area contributed by atoms with E-state index in [0.717, 1.165) is 28.3 Å². The van der Waals surface area contributed by atoms with Gasteiger partial charge in [0.15, 0.2) is 0 Å². The van der Waals surface area contributed by atoms with Crippen molar-refractivity contribution in [1.82, 2.24) is 14.7 Å². The molecule has 0 aliphatic carbocycles. The number of halogens is 3. The molecule has 6 nitrogen and oxygen atoms in total. The lowest BCUT2D eigenvalue weighted by Gasteiger charge is -2.34. The Hall–Kier alpha value is -3.89. The van der Waals surface area contributed by atoms with E-state index in [1.165, 1.54) is 24.3 Å². The van der Waals surface area contributed by atoms with Crippen molar-refractivity contribution in [2.75, 3.05) is 26.2 Å². The monoisotopic (exact) mass is 551 g/mol. The van der Waals surface area contributed by atoms with Crippen LogP contribution < -0.4 is 0 Å². The highest BCUT2D eigenvalue weighted by molar-refractivity contribution is 8.18. The van der Waals surface area contributed by atoms with Crippen molar-refractivity contribution in [2.24, 2.45) is 0 Å². The molecule has 2 aliphatic rings. The van der Waals surface area contributed by atoms with E-state index in [0.29, 0.717) is 49.9 Å². The van der Waals surface area contributed by atoms with E-state index >= 15 is 0 Å². The first-order valence-electron chi connectivity index (χ1n) is 12.3. The molecule has 2 saturated heterocycles. The van der Waals surface area contributed by atoms with Crippen LogP contribution in [0.5, 0.6) is 0 Å². The Kier molecular flexibility index (Phi) is 7.85. The molecule has 2 aliphatic heterocycles. The Morgan fingerprint density at radius 3 is 2.28 bits per heavy atom.